The van der Waals surface area contributed by atoms with Crippen LogP contribution in [0.3, 0.4) is 0 Å². The molecule has 0 unspecified atom stereocenters. The summed E-state index contributed by atoms with van der Waals surface area (Å²) >= 11 is 0. The lowest BCUT2D eigenvalue weighted by Gasteiger charge is -2.10. The summed E-state index contributed by atoms with van der Waals surface area (Å²) in [6.07, 6.45) is 0.896. The van der Waals surface area contributed by atoms with Crippen LogP contribution in [0.4, 0.5) is 5.69 Å². The third-order valence-electron chi connectivity index (χ3n) is 3.71. The van der Waals surface area contributed by atoms with Gasteiger partial charge in [-0.25, -0.2) is 8.42 Å². The third kappa shape index (κ3) is 5.32. The number of carbonyl (C=O) groups excluding carboxylic acids is 1. The summed E-state index contributed by atoms with van der Waals surface area (Å²) in [6, 6.07) is 13.2. The summed E-state index contributed by atoms with van der Waals surface area (Å²) < 4.78 is 27.4. The number of amides is 1. The quantitative estimate of drug-likeness (QED) is 0.794. The van der Waals surface area contributed by atoms with E-state index in [1.54, 1.807) is 12.1 Å². The van der Waals surface area contributed by atoms with Crippen LogP contribution in [-0.4, -0.2) is 20.9 Å². The van der Waals surface area contributed by atoms with Crippen molar-refractivity contribution < 1.29 is 13.2 Å². The first-order valence-corrected chi connectivity index (χ1v) is 9.80. The number of hydrogen-bond donors (Lipinski definition) is 2. The van der Waals surface area contributed by atoms with Gasteiger partial charge in [0.25, 0.3) is 15.9 Å². The maximum Gasteiger partial charge on any atom is 0.261 e. The van der Waals surface area contributed by atoms with E-state index < -0.39 is 10.0 Å². The van der Waals surface area contributed by atoms with Gasteiger partial charge in [-0.15, -0.1) is 0 Å². The Labute approximate surface area is 149 Å². The molecule has 0 spiro atoms. The first-order chi connectivity index (χ1) is 11.8. The number of aryl methyl sites for hydroxylation is 1. The van der Waals surface area contributed by atoms with E-state index in [1.807, 2.05) is 32.9 Å². The Morgan fingerprint density at radius 2 is 1.60 bits per heavy atom. The second-order valence-electron chi connectivity index (χ2n) is 6.28. The van der Waals surface area contributed by atoms with Crippen LogP contribution in [0.25, 0.3) is 0 Å². The highest BCUT2D eigenvalue weighted by Gasteiger charge is 2.15. The summed E-state index contributed by atoms with van der Waals surface area (Å²) in [6.45, 7) is 6.63. The van der Waals surface area contributed by atoms with Gasteiger partial charge in [0.1, 0.15) is 0 Å². The van der Waals surface area contributed by atoms with Crippen molar-refractivity contribution in [3.63, 3.8) is 0 Å². The smallest absolute Gasteiger partial charge is 0.261 e. The Morgan fingerprint density at radius 1 is 1.00 bits per heavy atom. The van der Waals surface area contributed by atoms with Crippen molar-refractivity contribution in [2.75, 3.05) is 11.3 Å². The second kappa shape index (κ2) is 8.16. The average Bonchev–Trinajstić information content (AvgIpc) is 2.60. The van der Waals surface area contributed by atoms with E-state index in [-0.39, 0.29) is 10.8 Å². The maximum atomic E-state index is 12.4. The Kier molecular flexibility index (Phi) is 6.20. The van der Waals surface area contributed by atoms with Crippen LogP contribution in [0.15, 0.2) is 53.4 Å². The molecule has 0 aliphatic carbocycles. The molecule has 0 aliphatic rings. The van der Waals surface area contributed by atoms with Crippen LogP contribution in [0.2, 0.25) is 0 Å². The Balaban J connectivity index is 2.10. The van der Waals surface area contributed by atoms with Gasteiger partial charge in [0.15, 0.2) is 0 Å². The molecule has 2 N–H and O–H groups in total. The fourth-order valence-corrected chi connectivity index (χ4v) is 3.27. The van der Waals surface area contributed by atoms with Crippen molar-refractivity contribution in [3.05, 3.63) is 59.7 Å². The molecule has 0 heterocycles. The topological polar surface area (TPSA) is 75.3 Å². The first kappa shape index (κ1) is 19.0. The number of anilines is 1. The van der Waals surface area contributed by atoms with Crippen molar-refractivity contribution in [2.24, 2.45) is 5.92 Å². The zero-order valence-electron chi connectivity index (χ0n) is 14.7. The number of benzene rings is 2. The summed E-state index contributed by atoms with van der Waals surface area (Å²) in [4.78, 5) is 12.1. The molecule has 134 valence electrons. The van der Waals surface area contributed by atoms with E-state index in [4.69, 9.17) is 0 Å². The van der Waals surface area contributed by atoms with Gasteiger partial charge >= 0.3 is 0 Å². The lowest BCUT2D eigenvalue weighted by molar-refractivity contribution is 0.0949. The normalized spacial score (nSPS) is 11.4. The maximum absolute atomic E-state index is 12.4. The summed E-state index contributed by atoms with van der Waals surface area (Å²) in [7, 11) is -3.68. The zero-order chi connectivity index (χ0) is 18.4. The highest BCUT2D eigenvalue weighted by Crippen LogP contribution is 2.17. The number of hydrogen-bond acceptors (Lipinski definition) is 3. The minimum Gasteiger partial charge on any atom is -0.352 e. The summed E-state index contributed by atoms with van der Waals surface area (Å²) in [5.74, 6) is 0.146. The van der Waals surface area contributed by atoms with Crippen LogP contribution in [0.5, 0.6) is 0 Å². The molecule has 0 atom stereocenters. The number of carbonyl (C=O) groups is 1. The SMILES string of the molecule is CCc1ccc(NS(=O)(=O)c2ccc(C(=O)NCC(C)C)cc2)cc1. The van der Waals surface area contributed by atoms with Crippen LogP contribution in [0.1, 0.15) is 36.7 Å². The van der Waals surface area contributed by atoms with Gasteiger partial charge in [-0.3, -0.25) is 9.52 Å². The van der Waals surface area contributed by atoms with Gasteiger partial charge in [0.2, 0.25) is 0 Å². The molecule has 0 bridgehead atoms. The van der Waals surface area contributed by atoms with E-state index in [1.165, 1.54) is 24.3 Å². The molecule has 5 nitrogen and oxygen atoms in total. The fraction of sp³-hybridized carbons (Fsp3) is 0.316. The van der Waals surface area contributed by atoms with E-state index in [0.29, 0.717) is 23.7 Å². The fourth-order valence-electron chi connectivity index (χ4n) is 2.21. The van der Waals surface area contributed by atoms with Crippen molar-refractivity contribution in [1.29, 1.82) is 0 Å². The minimum atomic E-state index is -3.68. The van der Waals surface area contributed by atoms with Crippen LogP contribution >= 0.6 is 0 Å². The molecule has 25 heavy (non-hydrogen) atoms. The Hall–Kier alpha value is -2.34. The minimum absolute atomic E-state index is 0.118. The lowest BCUT2D eigenvalue weighted by Crippen LogP contribution is -2.27. The Morgan fingerprint density at radius 3 is 2.12 bits per heavy atom. The van der Waals surface area contributed by atoms with E-state index in [9.17, 15) is 13.2 Å². The standard InChI is InChI=1S/C19H24N2O3S/c1-4-15-5-9-17(10-6-15)21-25(23,24)18-11-7-16(8-12-18)19(22)20-13-14(2)3/h5-12,14,21H,4,13H2,1-3H3,(H,20,22). The summed E-state index contributed by atoms with van der Waals surface area (Å²) in [5, 5.41) is 2.80. The first-order valence-electron chi connectivity index (χ1n) is 8.32. The molecule has 6 heteroatoms. The van der Waals surface area contributed by atoms with E-state index >= 15 is 0 Å². The molecule has 0 fully saturated rings. The monoisotopic (exact) mass is 360 g/mol. The zero-order valence-corrected chi connectivity index (χ0v) is 15.6. The van der Waals surface area contributed by atoms with Crippen LogP contribution < -0.4 is 10.0 Å². The molecular weight excluding hydrogens is 336 g/mol. The van der Waals surface area contributed by atoms with Crippen molar-refractivity contribution in [3.8, 4) is 0 Å². The molecular formula is C19H24N2O3S. The summed E-state index contributed by atoms with van der Waals surface area (Å²) in [5.41, 5.74) is 2.09. The Bertz CT molecular complexity index is 811. The van der Waals surface area contributed by atoms with Gasteiger partial charge in [-0.2, -0.15) is 0 Å². The van der Waals surface area contributed by atoms with Crippen LogP contribution in [0, 0.1) is 5.92 Å². The molecule has 0 aliphatic heterocycles. The lowest BCUT2D eigenvalue weighted by atomic mass is 10.2. The number of rotatable bonds is 7. The molecule has 0 saturated heterocycles. The van der Waals surface area contributed by atoms with Crippen molar-refractivity contribution in [2.45, 2.75) is 32.1 Å². The molecule has 2 rings (SSSR count). The molecule has 1 amide bonds. The second-order valence-corrected chi connectivity index (χ2v) is 7.97. The van der Waals surface area contributed by atoms with Crippen LogP contribution in [-0.2, 0) is 16.4 Å². The molecule has 2 aromatic rings. The van der Waals surface area contributed by atoms with Gasteiger partial charge in [0.05, 0.1) is 4.90 Å². The van der Waals surface area contributed by atoms with Gasteiger partial charge in [-0.05, 0) is 54.3 Å². The molecule has 2 aromatic carbocycles. The molecule has 0 aromatic heterocycles. The number of sulfonamides is 1. The van der Waals surface area contributed by atoms with E-state index in [0.717, 1.165) is 12.0 Å². The predicted molar refractivity (Wildman–Crippen MR) is 100 cm³/mol. The highest BCUT2D eigenvalue weighted by molar-refractivity contribution is 7.92. The van der Waals surface area contributed by atoms with E-state index in [2.05, 4.69) is 10.0 Å². The highest BCUT2D eigenvalue weighted by atomic mass is 32.2. The van der Waals surface area contributed by atoms with Gasteiger partial charge in [-0.1, -0.05) is 32.9 Å². The van der Waals surface area contributed by atoms with Crippen molar-refractivity contribution in [1.82, 2.24) is 5.32 Å². The third-order valence-corrected chi connectivity index (χ3v) is 5.11. The average molecular weight is 360 g/mol. The molecule has 0 saturated carbocycles. The number of nitrogens with one attached hydrogen (secondary N) is 2. The van der Waals surface area contributed by atoms with Gasteiger partial charge < -0.3 is 5.32 Å². The van der Waals surface area contributed by atoms with Gasteiger partial charge in [0, 0.05) is 17.8 Å². The van der Waals surface area contributed by atoms with Crippen molar-refractivity contribution >= 4 is 21.6 Å². The molecule has 0 radical (unpaired) electrons. The largest absolute Gasteiger partial charge is 0.352 e. The predicted octanol–water partition coefficient (Wildman–Crippen LogP) is 3.44.